The average Bonchev–Trinajstić information content (AvgIpc) is 2.42. The number of hydrogen-bond donors (Lipinski definition) is 2. The summed E-state index contributed by atoms with van der Waals surface area (Å²) in [4.78, 5) is 8.92. The third kappa shape index (κ3) is 1.98. The number of aliphatic hydroxyl groups is 1. The number of nitrogens with zero attached hydrogens (tertiary/aromatic N) is 3. The van der Waals surface area contributed by atoms with Crippen molar-refractivity contribution >= 4 is 5.82 Å². The van der Waals surface area contributed by atoms with Crippen LogP contribution in [0.5, 0.6) is 0 Å². The Bertz CT molecular complexity index is 443. The van der Waals surface area contributed by atoms with Crippen LogP contribution in [0.15, 0.2) is 12.3 Å². The maximum Gasteiger partial charge on any atom is 0.129 e. The Balaban J connectivity index is 1.85. The van der Waals surface area contributed by atoms with Gasteiger partial charge in [0.05, 0.1) is 12.1 Å². The Kier molecular flexibility index (Phi) is 2.97. The predicted molar refractivity (Wildman–Crippen MR) is 70.1 cm³/mol. The number of piperazine rings is 3. The number of fused-ring (bicyclic) bond motifs is 3. The van der Waals surface area contributed by atoms with Crippen molar-refractivity contribution in [2.45, 2.75) is 19.1 Å². The zero-order valence-corrected chi connectivity index (χ0v) is 10.7. The molecule has 1 aromatic rings. The van der Waals surface area contributed by atoms with E-state index >= 15 is 0 Å². The highest BCUT2D eigenvalue weighted by molar-refractivity contribution is 5.43. The van der Waals surface area contributed by atoms with Crippen LogP contribution in [0.4, 0.5) is 5.82 Å². The third-order valence-electron chi connectivity index (χ3n) is 4.09. The van der Waals surface area contributed by atoms with Crippen LogP contribution in [-0.4, -0.2) is 58.7 Å². The van der Waals surface area contributed by atoms with Gasteiger partial charge in [-0.2, -0.15) is 0 Å². The minimum atomic E-state index is -0.541. The van der Waals surface area contributed by atoms with Gasteiger partial charge in [0, 0.05) is 44.5 Å². The number of aliphatic hydroxyl groups excluding tert-OH is 1. The molecule has 5 heteroatoms. The van der Waals surface area contributed by atoms with Crippen LogP contribution in [-0.2, 0) is 0 Å². The molecule has 2 unspecified atom stereocenters. The van der Waals surface area contributed by atoms with E-state index in [1.54, 1.807) is 6.20 Å². The van der Waals surface area contributed by atoms with Crippen molar-refractivity contribution in [2.24, 2.45) is 0 Å². The van der Waals surface area contributed by atoms with Crippen molar-refractivity contribution in [2.75, 3.05) is 38.5 Å². The van der Waals surface area contributed by atoms with Gasteiger partial charge in [0.15, 0.2) is 0 Å². The van der Waals surface area contributed by atoms with Crippen molar-refractivity contribution in [3.8, 4) is 0 Å². The van der Waals surface area contributed by atoms with Crippen LogP contribution < -0.4 is 5.73 Å². The molecule has 3 aliphatic heterocycles. The highest BCUT2D eigenvalue weighted by Crippen LogP contribution is 2.29. The smallest absolute Gasteiger partial charge is 0.129 e. The Morgan fingerprint density at radius 2 is 2.11 bits per heavy atom. The largest absolute Gasteiger partial charge is 0.387 e. The lowest BCUT2D eigenvalue weighted by Crippen LogP contribution is -2.62. The molecule has 0 aliphatic carbocycles. The van der Waals surface area contributed by atoms with Gasteiger partial charge in [-0.1, -0.05) is 0 Å². The van der Waals surface area contributed by atoms with Gasteiger partial charge in [0.25, 0.3) is 0 Å². The van der Waals surface area contributed by atoms with E-state index in [-0.39, 0.29) is 6.04 Å². The highest BCUT2D eigenvalue weighted by atomic mass is 16.3. The maximum atomic E-state index is 10.6. The summed E-state index contributed by atoms with van der Waals surface area (Å²) in [5.74, 6) is 0.450. The van der Waals surface area contributed by atoms with Crippen LogP contribution in [0.3, 0.4) is 0 Å². The fourth-order valence-corrected chi connectivity index (χ4v) is 3.00. The van der Waals surface area contributed by atoms with E-state index in [1.807, 2.05) is 13.0 Å². The molecule has 1 aromatic heterocycles. The molecule has 2 atom stereocenters. The van der Waals surface area contributed by atoms with Gasteiger partial charge in [-0.25, -0.2) is 4.98 Å². The Morgan fingerprint density at radius 3 is 2.72 bits per heavy atom. The second kappa shape index (κ2) is 4.50. The number of anilines is 1. The lowest BCUT2D eigenvalue weighted by atomic mass is 9.96. The molecule has 0 saturated carbocycles. The van der Waals surface area contributed by atoms with Gasteiger partial charge in [0.1, 0.15) is 5.82 Å². The minimum Gasteiger partial charge on any atom is -0.387 e. The lowest BCUT2D eigenvalue weighted by Gasteiger charge is -2.49. The molecule has 98 valence electrons. The number of aromatic nitrogens is 1. The van der Waals surface area contributed by atoms with Gasteiger partial charge in [-0.05, 0) is 18.6 Å². The van der Waals surface area contributed by atoms with Crippen molar-refractivity contribution < 1.29 is 5.11 Å². The molecule has 3 aliphatic rings. The maximum absolute atomic E-state index is 10.6. The zero-order valence-electron chi connectivity index (χ0n) is 10.7. The molecular formula is C13H20N4O. The van der Waals surface area contributed by atoms with Crippen LogP contribution in [0, 0.1) is 6.92 Å². The van der Waals surface area contributed by atoms with E-state index in [9.17, 15) is 5.11 Å². The van der Waals surface area contributed by atoms with Crippen LogP contribution in [0.1, 0.15) is 17.2 Å². The van der Waals surface area contributed by atoms with Gasteiger partial charge < -0.3 is 10.8 Å². The van der Waals surface area contributed by atoms with Crippen molar-refractivity contribution in [1.82, 2.24) is 14.8 Å². The summed E-state index contributed by atoms with van der Waals surface area (Å²) in [7, 11) is 0. The normalized spacial score (nSPS) is 32.4. The van der Waals surface area contributed by atoms with Crippen molar-refractivity contribution in [3.63, 3.8) is 0 Å². The molecular weight excluding hydrogens is 228 g/mol. The average molecular weight is 248 g/mol. The van der Waals surface area contributed by atoms with E-state index in [2.05, 4.69) is 14.8 Å². The van der Waals surface area contributed by atoms with Crippen LogP contribution in [0.2, 0.25) is 0 Å². The Hall–Kier alpha value is -1.17. The monoisotopic (exact) mass is 248 g/mol. The Labute approximate surface area is 107 Å². The molecule has 4 rings (SSSR count). The first-order valence-electron chi connectivity index (χ1n) is 6.51. The molecule has 0 amide bonds. The number of aryl methyl sites for hydroxylation is 1. The molecule has 0 radical (unpaired) electrons. The molecule has 3 fully saturated rings. The first kappa shape index (κ1) is 11.9. The van der Waals surface area contributed by atoms with Crippen molar-refractivity contribution in [1.29, 1.82) is 0 Å². The molecule has 0 aromatic carbocycles. The topological polar surface area (TPSA) is 65.6 Å². The number of hydrogen-bond acceptors (Lipinski definition) is 5. The summed E-state index contributed by atoms with van der Waals surface area (Å²) in [5.41, 5.74) is 7.70. The van der Waals surface area contributed by atoms with Gasteiger partial charge in [0.2, 0.25) is 0 Å². The molecule has 4 heterocycles. The van der Waals surface area contributed by atoms with E-state index in [1.165, 1.54) is 0 Å². The predicted octanol–water partition coefficient (Wildman–Crippen LogP) is 0.00542. The lowest BCUT2D eigenvalue weighted by molar-refractivity contribution is -0.0468. The molecule has 5 nitrogen and oxygen atoms in total. The molecule has 3 saturated heterocycles. The third-order valence-corrected chi connectivity index (χ3v) is 4.09. The number of pyridine rings is 1. The Morgan fingerprint density at radius 1 is 1.39 bits per heavy atom. The highest BCUT2D eigenvalue weighted by Gasteiger charge is 2.37. The molecule has 2 bridgehead atoms. The van der Waals surface area contributed by atoms with Gasteiger partial charge in [-0.3, -0.25) is 9.80 Å². The summed E-state index contributed by atoms with van der Waals surface area (Å²) in [6.07, 6.45) is 1.20. The minimum absolute atomic E-state index is 0.151. The summed E-state index contributed by atoms with van der Waals surface area (Å²) >= 11 is 0. The second-order valence-corrected chi connectivity index (χ2v) is 5.34. The number of rotatable bonds is 2. The number of nitrogen functional groups attached to an aromatic ring is 1. The summed E-state index contributed by atoms with van der Waals surface area (Å²) in [6, 6.07) is 2.10. The summed E-state index contributed by atoms with van der Waals surface area (Å²) in [6.45, 7) is 7.21. The summed E-state index contributed by atoms with van der Waals surface area (Å²) in [5, 5.41) is 10.6. The SMILES string of the molecule is Cc1cnc(N)c(C(O)C2CN3CCN2CC3)c1. The fourth-order valence-electron chi connectivity index (χ4n) is 3.00. The quantitative estimate of drug-likeness (QED) is 0.771. The van der Waals surface area contributed by atoms with E-state index in [4.69, 9.17) is 5.73 Å². The summed E-state index contributed by atoms with van der Waals surface area (Å²) < 4.78 is 0. The van der Waals surface area contributed by atoms with Gasteiger partial charge in [-0.15, -0.1) is 0 Å². The first-order chi connectivity index (χ1) is 8.65. The molecule has 3 N–H and O–H groups in total. The zero-order chi connectivity index (χ0) is 12.7. The molecule has 0 spiro atoms. The van der Waals surface area contributed by atoms with E-state index in [0.29, 0.717) is 5.82 Å². The van der Waals surface area contributed by atoms with Crippen LogP contribution in [0.25, 0.3) is 0 Å². The molecule has 18 heavy (non-hydrogen) atoms. The number of nitrogens with two attached hydrogens (primary N) is 1. The standard InChI is InChI=1S/C13H20N4O/c1-9-6-10(13(14)15-7-9)12(18)11-8-16-2-4-17(11)5-3-16/h6-7,11-12,18H,2-5,8H2,1H3,(H2,14,15). The first-order valence-corrected chi connectivity index (χ1v) is 6.51. The van der Waals surface area contributed by atoms with Crippen LogP contribution >= 0.6 is 0 Å². The van der Waals surface area contributed by atoms with E-state index in [0.717, 1.165) is 43.9 Å². The second-order valence-electron chi connectivity index (χ2n) is 5.34. The van der Waals surface area contributed by atoms with Gasteiger partial charge >= 0.3 is 0 Å². The van der Waals surface area contributed by atoms with E-state index < -0.39 is 6.10 Å². The fraction of sp³-hybridized carbons (Fsp3) is 0.615. The van der Waals surface area contributed by atoms with Crippen molar-refractivity contribution in [3.05, 3.63) is 23.4 Å².